The molecule has 1 aliphatic carbocycles. The minimum absolute atomic E-state index is 0.0509. The van der Waals surface area contributed by atoms with Crippen LogP contribution in [0.5, 0.6) is 0 Å². The number of benzene rings is 1. The fourth-order valence-corrected chi connectivity index (χ4v) is 3.82. The zero-order valence-electron chi connectivity index (χ0n) is 15.3. The number of carbonyl (C=O) groups is 3. The molecule has 0 spiro atoms. The molecular formula is C18H23N3O5S. The van der Waals surface area contributed by atoms with Crippen LogP contribution in [0.2, 0.25) is 0 Å². The molecule has 2 N–H and O–H groups in total. The SMILES string of the molecule is CCC(C)N(C(=O)C1CC1)C1CC(=O)N(c2ccc(S(N)(=O)=O)cc2)C1=O. The van der Waals surface area contributed by atoms with Gasteiger partial charge in [0, 0.05) is 12.0 Å². The van der Waals surface area contributed by atoms with E-state index in [0.29, 0.717) is 6.42 Å². The third kappa shape index (κ3) is 3.74. The third-order valence-corrected chi connectivity index (χ3v) is 6.06. The smallest absolute Gasteiger partial charge is 0.257 e. The van der Waals surface area contributed by atoms with Crippen LogP contribution in [-0.2, 0) is 24.4 Å². The summed E-state index contributed by atoms with van der Waals surface area (Å²) in [5.74, 6) is -0.991. The number of imide groups is 1. The van der Waals surface area contributed by atoms with E-state index in [0.717, 1.165) is 17.7 Å². The van der Waals surface area contributed by atoms with E-state index in [9.17, 15) is 22.8 Å². The summed E-state index contributed by atoms with van der Waals surface area (Å²) >= 11 is 0. The third-order valence-electron chi connectivity index (χ3n) is 5.13. The summed E-state index contributed by atoms with van der Waals surface area (Å²) in [6.07, 6.45) is 2.25. The van der Waals surface area contributed by atoms with Crippen molar-refractivity contribution in [3.05, 3.63) is 24.3 Å². The van der Waals surface area contributed by atoms with Gasteiger partial charge in [-0.25, -0.2) is 18.5 Å². The molecule has 8 nitrogen and oxygen atoms in total. The zero-order chi connectivity index (χ0) is 19.9. The Morgan fingerprint density at radius 1 is 1.26 bits per heavy atom. The summed E-state index contributed by atoms with van der Waals surface area (Å²) in [6.45, 7) is 3.81. The zero-order valence-corrected chi connectivity index (χ0v) is 16.1. The maximum absolute atomic E-state index is 13.0. The number of rotatable bonds is 6. The molecule has 1 saturated heterocycles. The molecule has 1 aromatic rings. The summed E-state index contributed by atoms with van der Waals surface area (Å²) in [5, 5.41) is 5.07. The van der Waals surface area contributed by atoms with Gasteiger partial charge >= 0.3 is 0 Å². The molecule has 1 saturated carbocycles. The first-order valence-corrected chi connectivity index (χ1v) is 10.5. The number of primary sulfonamides is 1. The molecule has 146 valence electrons. The fraction of sp³-hybridized carbons (Fsp3) is 0.500. The van der Waals surface area contributed by atoms with E-state index in [-0.39, 0.29) is 34.9 Å². The van der Waals surface area contributed by atoms with Gasteiger partial charge in [-0.2, -0.15) is 0 Å². The number of nitrogens with two attached hydrogens (primary N) is 1. The predicted octanol–water partition coefficient (Wildman–Crippen LogP) is 1.00. The molecule has 27 heavy (non-hydrogen) atoms. The van der Waals surface area contributed by atoms with E-state index < -0.39 is 27.9 Å². The lowest BCUT2D eigenvalue weighted by Crippen LogP contribution is -2.50. The van der Waals surface area contributed by atoms with Crippen LogP contribution in [0, 0.1) is 5.92 Å². The molecular weight excluding hydrogens is 370 g/mol. The first kappa shape index (κ1) is 19.5. The lowest BCUT2D eigenvalue weighted by molar-refractivity contribution is -0.141. The summed E-state index contributed by atoms with van der Waals surface area (Å²) in [6, 6.07) is 4.27. The van der Waals surface area contributed by atoms with Gasteiger partial charge in [-0.1, -0.05) is 6.92 Å². The van der Waals surface area contributed by atoms with Gasteiger partial charge in [0.1, 0.15) is 6.04 Å². The summed E-state index contributed by atoms with van der Waals surface area (Å²) in [7, 11) is -3.86. The largest absolute Gasteiger partial charge is 0.327 e. The van der Waals surface area contributed by atoms with Crippen LogP contribution in [0.3, 0.4) is 0 Å². The van der Waals surface area contributed by atoms with Crippen LogP contribution < -0.4 is 10.0 Å². The number of anilines is 1. The Morgan fingerprint density at radius 2 is 1.85 bits per heavy atom. The first-order chi connectivity index (χ1) is 12.6. The van der Waals surface area contributed by atoms with Crippen LogP contribution in [0.1, 0.15) is 39.5 Å². The Labute approximate surface area is 158 Å². The second kappa shape index (κ2) is 7.05. The number of hydrogen-bond acceptors (Lipinski definition) is 5. The highest BCUT2D eigenvalue weighted by Crippen LogP contribution is 2.35. The standard InChI is InChI=1S/C18H23N3O5S/c1-3-11(2)20(17(23)12-4-5-12)15-10-16(22)21(18(15)24)13-6-8-14(9-7-13)27(19,25)26/h6-9,11-12,15H,3-5,10H2,1-2H3,(H2,19,25,26). The molecule has 9 heteroatoms. The van der Waals surface area contributed by atoms with Gasteiger partial charge in [-0.15, -0.1) is 0 Å². The molecule has 2 atom stereocenters. The second-order valence-electron chi connectivity index (χ2n) is 7.10. The highest BCUT2D eigenvalue weighted by Gasteiger charge is 2.48. The molecule has 0 bridgehead atoms. The number of nitrogens with zero attached hydrogens (tertiary/aromatic N) is 2. The van der Waals surface area contributed by atoms with Crippen molar-refractivity contribution in [2.24, 2.45) is 11.1 Å². The van der Waals surface area contributed by atoms with Crippen molar-refractivity contribution in [3.8, 4) is 0 Å². The van der Waals surface area contributed by atoms with Crippen LogP contribution in [-0.4, -0.2) is 43.1 Å². The van der Waals surface area contributed by atoms with E-state index >= 15 is 0 Å². The van der Waals surface area contributed by atoms with E-state index in [1.165, 1.54) is 24.3 Å². The van der Waals surface area contributed by atoms with Crippen molar-refractivity contribution in [3.63, 3.8) is 0 Å². The van der Waals surface area contributed by atoms with E-state index in [1.807, 2.05) is 13.8 Å². The van der Waals surface area contributed by atoms with Crippen molar-refractivity contribution >= 4 is 33.4 Å². The van der Waals surface area contributed by atoms with Crippen LogP contribution >= 0.6 is 0 Å². The van der Waals surface area contributed by atoms with Crippen molar-refractivity contribution < 1.29 is 22.8 Å². The molecule has 3 amide bonds. The molecule has 2 aliphatic rings. The van der Waals surface area contributed by atoms with E-state index in [1.54, 1.807) is 4.90 Å². The Morgan fingerprint density at radius 3 is 2.33 bits per heavy atom. The predicted molar refractivity (Wildman–Crippen MR) is 98.0 cm³/mol. The van der Waals surface area contributed by atoms with E-state index in [4.69, 9.17) is 5.14 Å². The lowest BCUT2D eigenvalue weighted by atomic mass is 10.1. The van der Waals surface area contributed by atoms with Gasteiger partial charge in [0.25, 0.3) is 5.91 Å². The maximum atomic E-state index is 13.0. The molecule has 1 aromatic carbocycles. The number of sulfonamides is 1. The monoisotopic (exact) mass is 393 g/mol. The molecule has 2 fully saturated rings. The Bertz CT molecular complexity index is 877. The molecule has 1 heterocycles. The van der Waals surface area contributed by atoms with Gasteiger partial charge in [-0.3, -0.25) is 14.4 Å². The number of carbonyl (C=O) groups excluding carboxylic acids is 3. The number of hydrogen-bond donors (Lipinski definition) is 1. The Kier molecular flexibility index (Phi) is 5.09. The molecule has 0 radical (unpaired) electrons. The quantitative estimate of drug-likeness (QED) is 0.724. The van der Waals surface area contributed by atoms with Crippen LogP contribution in [0.25, 0.3) is 0 Å². The van der Waals surface area contributed by atoms with Gasteiger partial charge in [-0.05, 0) is 50.5 Å². The summed E-state index contributed by atoms with van der Waals surface area (Å²) in [4.78, 5) is 40.7. The number of amides is 3. The average molecular weight is 393 g/mol. The minimum Gasteiger partial charge on any atom is -0.327 e. The molecule has 2 unspecified atom stereocenters. The van der Waals surface area contributed by atoms with E-state index in [2.05, 4.69) is 0 Å². The van der Waals surface area contributed by atoms with Gasteiger partial charge < -0.3 is 4.90 Å². The summed E-state index contributed by atoms with van der Waals surface area (Å²) < 4.78 is 22.7. The van der Waals surface area contributed by atoms with Gasteiger partial charge in [0.2, 0.25) is 21.8 Å². The summed E-state index contributed by atoms with van der Waals surface area (Å²) in [5.41, 5.74) is 0.267. The second-order valence-corrected chi connectivity index (χ2v) is 8.66. The molecule has 0 aromatic heterocycles. The first-order valence-electron chi connectivity index (χ1n) is 8.97. The van der Waals surface area contributed by atoms with Gasteiger partial charge in [0.15, 0.2) is 0 Å². The average Bonchev–Trinajstić information content (AvgIpc) is 3.41. The van der Waals surface area contributed by atoms with Crippen molar-refractivity contribution in [2.45, 2.75) is 56.5 Å². The minimum atomic E-state index is -3.86. The van der Waals surface area contributed by atoms with Crippen LogP contribution in [0.15, 0.2) is 29.2 Å². The normalized spacial score (nSPS) is 21.4. The fourth-order valence-electron chi connectivity index (χ4n) is 3.31. The topological polar surface area (TPSA) is 118 Å². The van der Waals surface area contributed by atoms with Crippen LogP contribution in [0.4, 0.5) is 5.69 Å². The van der Waals surface area contributed by atoms with Crippen molar-refractivity contribution in [2.75, 3.05) is 4.90 Å². The van der Waals surface area contributed by atoms with Crippen molar-refractivity contribution in [1.29, 1.82) is 0 Å². The van der Waals surface area contributed by atoms with Crippen molar-refractivity contribution in [1.82, 2.24) is 4.90 Å². The highest BCUT2D eigenvalue weighted by molar-refractivity contribution is 7.89. The molecule has 1 aliphatic heterocycles. The highest BCUT2D eigenvalue weighted by atomic mass is 32.2. The Hall–Kier alpha value is -2.26. The van der Waals surface area contributed by atoms with Gasteiger partial charge in [0.05, 0.1) is 17.0 Å². The maximum Gasteiger partial charge on any atom is 0.257 e. The lowest BCUT2D eigenvalue weighted by Gasteiger charge is -2.33. The Balaban J connectivity index is 1.88. The molecule has 3 rings (SSSR count).